The molecule has 1 saturated heterocycles. The van der Waals surface area contributed by atoms with E-state index in [4.69, 9.17) is 4.74 Å². The maximum atomic E-state index is 10.6. The third-order valence-electron chi connectivity index (χ3n) is 5.48. The van der Waals surface area contributed by atoms with Crippen LogP contribution >= 0.6 is 0 Å². The van der Waals surface area contributed by atoms with Crippen LogP contribution in [-0.4, -0.2) is 46.2 Å². The van der Waals surface area contributed by atoms with Gasteiger partial charge in [-0.1, -0.05) is 37.1 Å². The predicted octanol–water partition coefficient (Wildman–Crippen LogP) is 2.60. The predicted molar refractivity (Wildman–Crippen MR) is 101 cm³/mol. The lowest BCUT2D eigenvalue weighted by atomic mass is 9.93. The van der Waals surface area contributed by atoms with Gasteiger partial charge in [-0.05, 0) is 48.1 Å². The van der Waals surface area contributed by atoms with Crippen molar-refractivity contribution in [2.75, 3.05) is 11.9 Å². The number of nitrogens with one attached hydrogen (secondary N) is 1. The van der Waals surface area contributed by atoms with Crippen molar-refractivity contribution in [2.24, 2.45) is 5.92 Å². The van der Waals surface area contributed by atoms with Gasteiger partial charge in [0.25, 0.3) is 0 Å². The number of anilines is 1. The number of aromatic nitrogens is 1. The van der Waals surface area contributed by atoms with Crippen LogP contribution in [0.2, 0.25) is 0 Å². The highest BCUT2D eigenvalue weighted by atomic mass is 16.5. The average Bonchev–Trinajstić information content (AvgIpc) is 3.33. The lowest BCUT2D eigenvalue weighted by molar-refractivity contribution is -0.125. The van der Waals surface area contributed by atoms with Crippen LogP contribution in [0.1, 0.15) is 25.7 Å². The Kier molecular flexibility index (Phi) is 5.20. The number of hydrogen-bond acceptors (Lipinski definition) is 5. The van der Waals surface area contributed by atoms with E-state index in [1.165, 1.54) is 31.3 Å². The average molecular weight is 354 g/mol. The molecule has 5 heteroatoms. The van der Waals surface area contributed by atoms with E-state index in [2.05, 4.69) is 28.5 Å². The molecule has 2 aliphatic carbocycles. The molecular formula is C21H26N2O3. The summed E-state index contributed by atoms with van der Waals surface area (Å²) in [6.45, 7) is 0.312. The summed E-state index contributed by atoms with van der Waals surface area (Å²) in [7, 11) is 0. The van der Waals surface area contributed by atoms with Crippen LogP contribution in [0.5, 0.6) is 0 Å². The lowest BCUT2D eigenvalue weighted by Gasteiger charge is -2.38. The van der Waals surface area contributed by atoms with Gasteiger partial charge in [0.1, 0.15) is 24.1 Å². The Hall–Kier alpha value is -1.95. The van der Waals surface area contributed by atoms with E-state index in [1.807, 2.05) is 24.3 Å². The molecule has 2 heterocycles. The first-order chi connectivity index (χ1) is 12.7. The molecule has 2 fully saturated rings. The summed E-state index contributed by atoms with van der Waals surface area (Å²) in [6, 6.07) is 5.14. The smallest absolute Gasteiger partial charge is 0.126 e. The second kappa shape index (κ2) is 7.74. The molecule has 26 heavy (non-hydrogen) atoms. The minimum atomic E-state index is -0.980. The monoisotopic (exact) mass is 354 g/mol. The van der Waals surface area contributed by atoms with Crippen LogP contribution in [0.25, 0.3) is 0 Å². The van der Waals surface area contributed by atoms with E-state index in [9.17, 15) is 10.2 Å². The van der Waals surface area contributed by atoms with E-state index in [0.717, 1.165) is 5.57 Å². The van der Waals surface area contributed by atoms with Crippen molar-refractivity contribution in [3.63, 3.8) is 0 Å². The fourth-order valence-electron chi connectivity index (χ4n) is 4.04. The molecule has 1 saturated carbocycles. The van der Waals surface area contributed by atoms with E-state index in [-0.39, 0.29) is 0 Å². The zero-order chi connectivity index (χ0) is 17.9. The summed E-state index contributed by atoms with van der Waals surface area (Å²) in [4.78, 5) is 4.20. The van der Waals surface area contributed by atoms with E-state index >= 15 is 0 Å². The quantitative estimate of drug-likeness (QED) is 0.775. The molecular weight excluding hydrogens is 328 g/mol. The molecule has 0 bridgehead atoms. The molecule has 0 unspecified atom stereocenters. The molecule has 4 rings (SSSR count). The summed E-state index contributed by atoms with van der Waals surface area (Å²) < 4.78 is 5.90. The maximum absolute atomic E-state index is 10.6. The molecule has 1 aliphatic heterocycles. The minimum Gasteiger partial charge on any atom is -0.388 e. The van der Waals surface area contributed by atoms with Crippen molar-refractivity contribution in [3.8, 4) is 0 Å². The number of hydrogen-bond donors (Lipinski definition) is 3. The normalized spacial score (nSPS) is 33.6. The van der Waals surface area contributed by atoms with Gasteiger partial charge in [0, 0.05) is 6.20 Å². The maximum Gasteiger partial charge on any atom is 0.126 e. The highest BCUT2D eigenvalue weighted by molar-refractivity contribution is 5.48. The van der Waals surface area contributed by atoms with Gasteiger partial charge >= 0.3 is 0 Å². The van der Waals surface area contributed by atoms with E-state index in [1.54, 1.807) is 6.20 Å². The second-order valence-electron chi connectivity index (χ2n) is 7.39. The van der Waals surface area contributed by atoms with Crippen molar-refractivity contribution < 1.29 is 14.9 Å². The van der Waals surface area contributed by atoms with Crippen LogP contribution in [-0.2, 0) is 4.74 Å². The van der Waals surface area contributed by atoms with Gasteiger partial charge < -0.3 is 20.3 Å². The molecule has 3 aliphatic rings. The van der Waals surface area contributed by atoms with E-state index in [0.29, 0.717) is 18.3 Å². The number of aliphatic hydroxyl groups is 2. The first kappa shape index (κ1) is 17.5. The first-order valence-electron chi connectivity index (χ1n) is 9.47. The molecule has 0 radical (unpaired) electrons. The molecule has 3 N–H and O–H groups in total. The van der Waals surface area contributed by atoms with Crippen LogP contribution in [0.15, 0.2) is 59.8 Å². The van der Waals surface area contributed by atoms with Crippen molar-refractivity contribution in [1.29, 1.82) is 0 Å². The Morgan fingerprint density at radius 1 is 1.12 bits per heavy atom. The van der Waals surface area contributed by atoms with Gasteiger partial charge in [-0.3, -0.25) is 0 Å². The van der Waals surface area contributed by atoms with Crippen molar-refractivity contribution in [2.45, 2.75) is 50.0 Å². The van der Waals surface area contributed by atoms with Crippen LogP contribution in [0, 0.1) is 5.92 Å². The Labute approximate surface area is 154 Å². The Balaban J connectivity index is 1.41. The number of nitrogens with zero attached hydrogens (tertiary/aromatic N) is 1. The SMILES string of the molecule is O[C@@H]1[C@H](O)[C@@H](Nc2ccccn2)CO[C@@H]1C1=C/C(=C\C2CCCC2)C=C1. The van der Waals surface area contributed by atoms with Gasteiger partial charge in [0.15, 0.2) is 0 Å². The highest BCUT2D eigenvalue weighted by Crippen LogP contribution is 2.31. The lowest BCUT2D eigenvalue weighted by Crippen LogP contribution is -2.56. The fourth-order valence-corrected chi connectivity index (χ4v) is 4.04. The van der Waals surface area contributed by atoms with Crippen LogP contribution in [0.3, 0.4) is 0 Å². The number of pyridine rings is 1. The molecule has 138 valence electrons. The number of ether oxygens (including phenoxy) is 1. The van der Waals surface area contributed by atoms with Gasteiger partial charge in [-0.15, -0.1) is 0 Å². The van der Waals surface area contributed by atoms with Crippen molar-refractivity contribution >= 4 is 5.82 Å². The Bertz CT molecular complexity index is 707. The number of allylic oxidation sites excluding steroid dienone is 4. The molecule has 1 aromatic rings. The summed E-state index contributed by atoms with van der Waals surface area (Å²) in [5.74, 6) is 1.33. The van der Waals surface area contributed by atoms with Gasteiger partial charge in [0.2, 0.25) is 0 Å². The zero-order valence-electron chi connectivity index (χ0n) is 14.8. The molecule has 4 atom stereocenters. The van der Waals surface area contributed by atoms with Crippen molar-refractivity contribution in [1.82, 2.24) is 4.98 Å². The van der Waals surface area contributed by atoms with Gasteiger partial charge in [-0.25, -0.2) is 4.98 Å². The Morgan fingerprint density at radius 2 is 1.96 bits per heavy atom. The third kappa shape index (κ3) is 3.75. The highest BCUT2D eigenvalue weighted by Gasteiger charge is 2.40. The minimum absolute atomic E-state index is 0.312. The molecule has 5 nitrogen and oxygen atoms in total. The third-order valence-corrected chi connectivity index (χ3v) is 5.48. The summed E-state index contributed by atoms with van der Waals surface area (Å²) in [6.07, 6.45) is 12.9. The summed E-state index contributed by atoms with van der Waals surface area (Å²) in [5, 5.41) is 24.3. The van der Waals surface area contributed by atoms with Gasteiger partial charge in [0.05, 0.1) is 12.6 Å². The van der Waals surface area contributed by atoms with E-state index < -0.39 is 24.4 Å². The fraction of sp³-hybridized carbons (Fsp3) is 0.476. The van der Waals surface area contributed by atoms with Gasteiger partial charge in [-0.2, -0.15) is 0 Å². The Morgan fingerprint density at radius 3 is 2.73 bits per heavy atom. The summed E-state index contributed by atoms with van der Waals surface area (Å²) >= 11 is 0. The number of rotatable bonds is 4. The zero-order valence-corrected chi connectivity index (χ0v) is 14.8. The standard InChI is InChI=1S/C21H26N2O3/c24-19-17(23-18-7-3-4-10-22-18)13-26-21(20(19)25)16-9-8-15(12-16)11-14-5-1-2-6-14/h3-4,7-12,14,17,19-21,24-25H,1-2,5-6,13H2,(H,22,23)/b15-11-/t17-,19+,20+,21+/m0/s1. The number of aliphatic hydroxyl groups excluding tert-OH is 2. The molecule has 0 aromatic carbocycles. The topological polar surface area (TPSA) is 74.6 Å². The largest absolute Gasteiger partial charge is 0.388 e. The van der Waals surface area contributed by atoms with Crippen LogP contribution in [0.4, 0.5) is 5.82 Å². The molecule has 0 amide bonds. The van der Waals surface area contributed by atoms with Crippen LogP contribution < -0.4 is 5.32 Å². The molecule has 0 spiro atoms. The van der Waals surface area contributed by atoms with Crippen molar-refractivity contribution in [3.05, 3.63) is 59.8 Å². The molecule has 1 aromatic heterocycles. The first-order valence-corrected chi connectivity index (χ1v) is 9.47. The summed E-state index contributed by atoms with van der Waals surface area (Å²) in [5.41, 5.74) is 2.11. The second-order valence-corrected chi connectivity index (χ2v) is 7.39.